The summed E-state index contributed by atoms with van der Waals surface area (Å²) in [4.78, 5) is 12.4. The highest BCUT2D eigenvalue weighted by Crippen LogP contribution is 2.20. The molecule has 28 heavy (non-hydrogen) atoms. The van der Waals surface area contributed by atoms with Crippen LogP contribution in [-0.2, 0) is 21.2 Å². The van der Waals surface area contributed by atoms with Gasteiger partial charge in [0.2, 0.25) is 5.91 Å². The van der Waals surface area contributed by atoms with Crippen molar-refractivity contribution < 1.29 is 13.2 Å². The van der Waals surface area contributed by atoms with Crippen molar-refractivity contribution in [1.29, 1.82) is 0 Å². The summed E-state index contributed by atoms with van der Waals surface area (Å²) in [5.41, 5.74) is 3.01. The summed E-state index contributed by atoms with van der Waals surface area (Å²) in [5.74, 6) is -0.123. The van der Waals surface area contributed by atoms with Gasteiger partial charge in [0.1, 0.15) is 0 Å². The molecule has 0 heterocycles. The lowest BCUT2D eigenvalue weighted by molar-refractivity contribution is -0.116. The fourth-order valence-corrected chi connectivity index (χ4v) is 3.77. The number of hydrogen-bond acceptors (Lipinski definition) is 3. The standard InChI is InChI=1S/C22H22N2O3S/c1-17-10-13-21(14-11-17)28(26,27)24-20-9-5-8-19(16-20)23-22(25)15-12-18-6-3-2-4-7-18/h2-11,13-14,16,24H,12,15H2,1H3,(H,23,25). The Hall–Kier alpha value is -3.12. The predicted octanol–water partition coefficient (Wildman–Crippen LogP) is 4.37. The van der Waals surface area contributed by atoms with E-state index in [1.54, 1.807) is 48.5 Å². The molecule has 0 radical (unpaired) electrons. The molecule has 0 spiro atoms. The highest BCUT2D eigenvalue weighted by molar-refractivity contribution is 7.92. The lowest BCUT2D eigenvalue weighted by Crippen LogP contribution is -2.14. The van der Waals surface area contributed by atoms with Crippen molar-refractivity contribution in [2.24, 2.45) is 0 Å². The minimum absolute atomic E-state index is 0.123. The first kappa shape index (κ1) is 19.6. The molecular weight excluding hydrogens is 372 g/mol. The average molecular weight is 394 g/mol. The van der Waals surface area contributed by atoms with Gasteiger partial charge in [0.05, 0.1) is 10.6 Å². The van der Waals surface area contributed by atoms with Gasteiger partial charge in [0.15, 0.2) is 0 Å². The van der Waals surface area contributed by atoms with Crippen LogP contribution in [0.2, 0.25) is 0 Å². The van der Waals surface area contributed by atoms with Crippen LogP contribution < -0.4 is 10.0 Å². The van der Waals surface area contributed by atoms with Crippen LogP contribution in [0, 0.1) is 6.92 Å². The van der Waals surface area contributed by atoms with Crippen LogP contribution in [0.5, 0.6) is 0 Å². The Kier molecular flexibility index (Phi) is 6.11. The number of sulfonamides is 1. The topological polar surface area (TPSA) is 75.3 Å². The molecule has 0 bridgehead atoms. The van der Waals surface area contributed by atoms with Crippen molar-refractivity contribution in [3.05, 3.63) is 90.0 Å². The third-order valence-electron chi connectivity index (χ3n) is 4.21. The van der Waals surface area contributed by atoms with E-state index < -0.39 is 10.0 Å². The molecule has 6 heteroatoms. The maximum Gasteiger partial charge on any atom is 0.261 e. The van der Waals surface area contributed by atoms with Crippen LogP contribution in [0.4, 0.5) is 11.4 Å². The second-order valence-corrected chi connectivity index (χ2v) is 8.22. The Labute approximate surface area is 165 Å². The Morgan fingerprint density at radius 1 is 0.857 bits per heavy atom. The van der Waals surface area contributed by atoms with Gasteiger partial charge in [0.25, 0.3) is 10.0 Å². The Morgan fingerprint density at radius 3 is 2.25 bits per heavy atom. The van der Waals surface area contributed by atoms with Crippen molar-refractivity contribution >= 4 is 27.3 Å². The van der Waals surface area contributed by atoms with E-state index in [0.717, 1.165) is 11.1 Å². The van der Waals surface area contributed by atoms with Gasteiger partial charge in [0, 0.05) is 12.1 Å². The molecule has 0 aliphatic heterocycles. The Morgan fingerprint density at radius 2 is 1.54 bits per heavy atom. The van der Waals surface area contributed by atoms with Gasteiger partial charge in [-0.1, -0.05) is 54.1 Å². The van der Waals surface area contributed by atoms with Crippen molar-refractivity contribution in [2.75, 3.05) is 10.0 Å². The third-order valence-corrected chi connectivity index (χ3v) is 5.61. The van der Waals surface area contributed by atoms with E-state index in [-0.39, 0.29) is 10.8 Å². The first-order valence-electron chi connectivity index (χ1n) is 8.96. The fourth-order valence-electron chi connectivity index (χ4n) is 2.72. The first-order chi connectivity index (χ1) is 13.4. The highest BCUT2D eigenvalue weighted by Gasteiger charge is 2.14. The number of amides is 1. The monoisotopic (exact) mass is 394 g/mol. The number of carbonyl (C=O) groups excluding carboxylic acids is 1. The minimum Gasteiger partial charge on any atom is -0.326 e. The zero-order valence-corrected chi connectivity index (χ0v) is 16.4. The van der Waals surface area contributed by atoms with Crippen molar-refractivity contribution in [1.82, 2.24) is 0 Å². The molecule has 0 fully saturated rings. The van der Waals surface area contributed by atoms with E-state index in [9.17, 15) is 13.2 Å². The number of nitrogens with one attached hydrogen (secondary N) is 2. The zero-order chi connectivity index (χ0) is 20.0. The summed E-state index contributed by atoms with van der Waals surface area (Å²) in [6.45, 7) is 1.90. The smallest absolute Gasteiger partial charge is 0.261 e. The normalized spacial score (nSPS) is 11.0. The molecule has 1 amide bonds. The van der Waals surface area contributed by atoms with Gasteiger partial charge >= 0.3 is 0 Å². The van der Waals surface area contributed by atoms with E-state index in [0.29, 0.717) is 24.2 Å². The third kappa shape index (κ3) is 5.44. The quantitative estimate of drug-likeness (QED) is 0.625. The van der Waals surface area contributed by atoms with Gasteiger partial charge in [-0.05, 0) is 49.2 Å². The molecule has 0 saturated heterocycles. The summed E-state index contributed by atoms with van der Waals surface area (Å²) in [5, 5.41) is 2.81. The molecule has 2 N–H and O–H groups in total. The number of benzene rings is 3. The van der Waals surface area contributed by atoms with E-state index >= 15 is 0 Å². The molecule has 144 valence electrons. The summed E-state index contributed by atoms with van der Waals surface area (Å²) >= 11 is 0. The highest BCUT2D eigenvalue weighted by atomic mass is 32.2. The number of hydrogen-bond donors (Lipinski definition) is 2. The minimum atomic E-state index is -3.68. The second-order valence-electron chi connectivity index (χ2n) is 6.53. The van der Waals surface area contributed by atoms with Gasteiger partial charge in [-0.15, -0.1) is 0 Å². The molecule has 3 aromatic carbocycles. The predicted molar refractivity (Wildman–Crippen MR) is 112 cm³/mol. The van der Waals surface area contributed by atoms with Crippen LogP contribution in [0.1, 0.15) is 17.5 Å². The van der Waals surface area contributed by atoms with Crippen molar-refractivity contribution in [3.8, 4) is 0 Å². The van der Waals surface area contributed by atoms with Crippen LogP contribution in [0.3, 0.4) is 0 Å². The molecular formula is C22H22N2O3S. The number of anilines is 2. The Bertz CT molecular complexity index is 1050. The van der Waals surface area contributed by atoms with Crippen molar-refractivity contribution in [2.45, 2.75) is 24.7 Å². The lowest BCUT2D eigenvalue weighted by Gasteiger charge is -2.11. The summed E-state index contributed by atoms with van der Waals surface area (Å²) < 4.78 is 27.6. The van der Waals surface area contributed by atoms with E-state index in [4.69, 9.17) is 0 Å². The molecule has 0 aliphatic carbocycles. The Balaban J connectivity index is 1.63. The van der Waals surface area contributed by atoms with E-state index in [1.807, 2.05) is 37.3 Å². The van der Waals surface area contributed by atoms with Gasteiger partial charge in [-0.2, -0.15) is 0 Å². The molecule has 3 aromatic rings. The maximum atomic E-state index is 12.5. The molecule has 5 nitrogen and oxygen atoms in total. The van der Waals surface area contributed by atoms with Crippen LogP contribution in [0.15, 0.2) is 83.8 Å². The molecule has 0 aliphatic rings. The SMILES string of the molecule is Cc1ccc(S(=O)(=O)Nc2cccc(NC(=O)CCc3ccccc3)c2)cc1. The first-order valence-corrected chi connectivity index (χ1v) is 10.4. The number of carbonyl (C=O) groups is 1. The van der Waals surface area contributed by atoms with Gasteiger partial charge in [-0.3, -0.25) is 9.52 Å². The van der Waals surface area contributed by atoms with Crippen LogP contribution in [-0.4, -0.2) is 14.3 Å². The summed E-state index contributed by atoms with van der Waals surface area (Å²) in [7, 11) is -3.68. The summed E-state index contributed by atoms with van der Waals surface area (Å²) in [6.07, 6.45) is 0.996. The number of aryl methyl sites for hydroxylation is 2. The van der Waals surface area contributed by atoms with E-state index in [1.165, 1.54) is 0 Å². The van der Waals surface area contributed by atoms with Gasteiger partial charge < -0.3 is 5.32 Å². The van der Waals surface area contributed by atoms with Crippen molar-refractivity contribution in [3.63, 3.8) is 0 Å². The fraction of sp³-hybridized carbons (Fsp3) is 0.136. The number of rotatable bonds is 7. The van der Waals surface area contributed by atoms with Crippen LogP contribution in [0.25, 0.3) is 0 Å². The second kappa shape index (κ2) is 8.71. The maximum absolute atomic E-state index is 12.5. The lowest BCUT2D eigenvalue weighted by atomic mass is 10.1. The molecule has 0 atom stereocenters. The van der Waals surface area contributed by atoms with E-state index in [2.05, 4.69) is 10.0 Å². The molecule has 0 saturated carbocycles. The largest absolute Gasteiger partial charge is 0.326 e. The zero-order valence-electron chi connectivity index (χ0n) is 15.6. The molecule has 3 rings (SSSR count). The molecule has 0 aromatic heterocycles. The van der Waals surface area contributed by atoms with Gasteiger partial charge in [-0.25, -0.2) is 8.42 Å². The molecule has 0 unspecified atom stereocenters. The van der Waals surface area contributed by atoms with Crippen LogP contribution >= 0.6 is 0 Å². The summed E-state index contributed by atoms with van der Waals surface area (Å²) in [6, 6.07) is 23.1. The average Bonchev–Trinajstić information content (AvgIpc) is 2.67.